The minimum atomic E-state index is -0.942. The molecule has 0 aromatic carbocycles. The summed E-state index contributed by atoms with van der Waals surface area (Å²) >= 11 is 0. The lowest BCUT2D eigenvalue weighted by molar-refractivity contribution is -0.139. The Kier molecular flexibility index (Phi) is 3.44. The van der Waals surface area contributed by atoms with Crippen LogP contribution in [0.4, 0.5) is 0 Å². The largest absolute Gasteiger partial charge is 0.480 e. The van der Waals surface area contributed by atoms with Gasteiger partial charge in [-0.15, -0.1) is 0 Å². The third-order valence-electron chi connectivity index (χ3n) is 1.06. The van der Waals surface area contributed by atoms with Crippen LogP contribution >= 0.6 is 0 Å². The minimum absolute atomic E-state index is 0.411. The molecule has 0 radical (unpaired) electrons. The van der Waals surface area contributed by atoms with Crippen molar-refractivity contribution in [3.8, 4) is 6.07 Å². The molecule has 4 nitrogen and oxygen atoms in total. The summed E-state index contributed by atoms with van der Waals surface area (Å²) in [5.41, 5.74) is 0. The van der Waals surface area contributed by atoms with Gasteiger partial charge >= 0.3 is 5.97 Å². The molecule has 0 spiro atoms. The number of nitrogens with one attached hydrogen (secondary N) is 1. The molecule has 2 N–H and O–H groups in total. The van der Waals surface area contributed by atoms with Crippen molar-refractivity contribution in [3.05, 3.63) is 0 Å². The first-order valence-electron chi connectivity index (χ1n) is 2.96. The molecule has 56 valence electrons. The molecule has 0 aromatic rings. The Hall–Kier alpha value is -1.08. The quantitative estimate of drug-likeness (QED) is 0.580. The highest BCUT2D eigenvalue weighted by Crippen LogP contribution is 1.84. The fraction of sp³-hybridized carbons (Fsp3) is 0.667. The van der Waals surface area contributed by atoms with Gasteiger partial charge in [0.05, 0.1) is 12.1 Å². The molecule has 0 saturated carbocycles. The lowest BCUT2D eigenvalue weighted by Crippen LogP contribution is -2.38. The van der Waals surface area contributed by atoms with Crippen LogP contribution in [-0.4, -0.2) is 23.2 Å². The maximum absolute atomic E-state index is 10.2. The van der Waals surface area contributed by atoms with E-state index in [4.69, 9.17) is 10.4 Å². The maximum atomic E-state index is 10.2. The van der Waals surface area contributed by atoms with E-state index in [1.54, 1.807) is 6.92 Å². The molecule has 0 aromatic heterocycles. The summed E-state index contributed by atoms with van der Waals surface area (Å²) in [5.74, 6) is -0.942. The van der Waals surface area contributed by atoms with E-state index >= 15 is 0 Å². The zero-order valence-corrected chi connectivity index (χ0v) is 5.96. The Morgan fingerprint density at radius 1 is 1.70 bits per heavy atom. The van der Waals surface area contributed by atoms with Crippen molar-refractivity contribution in [2.75, 3.05) is 0 Å². The van der Waals surface area contributed by atoms with E-state index in [9.17, 15) is 4.79 Å². The topological polar surface area (TPSA) is 73.1 Å². The van der Waals surface area contributed by atoms with E-state index in [0.29, 0.717) is 0 Å². The number of hydrogen-bond acceptors (Lipinski definition) is 3. The summed E-state index contributed by atoms with van der Waals surface area (Å²) in [7, 11) is 0. The van der Waals surface area contributed by atoms with Gasteiger partial charge in [0.2, 0.25) is 0 Å². The molecule has 0 saturated heterocycles. The van der Waals surface area contributed by atoms with E-state index in [1.807, 2.05) is 6.07 Å². The third kappa shape index (κ3) is 3.05. The molecule has 0 aliphatic rings. The van der Waals surface area contributed by atoms with E-state index < -0.39 is 18.1 Å². The lowest BCUT2D eigenvalue weighted by Gasteiger charge is -2.09. The SMILES string of the molecule is C[C@@H](C#N)N[C@H](C)C(=O)O. The van der Waals surface area contributed by atoms with Gasteiger partial charge in [0.15, 0.2) is 0 Å². The highest BCUT2D eigenvalue weighted by molar-refractivity contribution is 5.72. The van der Waals surface area contributed by atoms with Gasteiger partial charge in [-0.25, -0.2) is 0 Å². The number of carbonyl (C=O) groups is 1. The van der Waals surface area contributed by atoms with Crippen LogP contribution in [0.3, 0.4) is 0 Å². The second kappa shape index (κ2) is 3.85. The van der Waals surface area contributed by atoms with Crippen molar-refractivity contribution in [1.29, 1.82) is 5.26 Å². The standard InChI is InChI=1S/C6H10N2O2/c1-4(3-7)8-5(2)6(9)10/h4-5,8H,1-2H3,(H,9,10)/t4-,5+/m0/s1. The Labute approximate surface area is 59.5 Å². The predicted octanol–water partition coefficient (Wildman–Crippen LogP) is -0.0388. The molecule has 4 heteroatoms. The van der Waals surface area contributed by atoms with E-state index in [-0.39, 0.29) is 0 Å². The van der Waals surface area contributed by atoms with Crippen LogP contribution in [0.15, 0.2) is 0 Å². The Bertz CT molecular complexity index is 162. The molecule has 0 bridgehead atoms. The smallest absolute Gasteiger partial charge is 0.320 e. The van der Waals surface area contributed by atoms with Gasteiger partial charge in [-0.3, -0.25) is 10.1 Å². The normalized spacial score (nSPS) is 15.3. The van der Waals surface area contributed by atoms with E-state index in [2.05, 4.69) is 5.32 Å². The van der Waals surface area contributed by atoms with Gasteiger partial charge in [-0.2, -0.15) is 5.26 Å². The molecule has 0 heterocycles. The number of rotatable bonds is 3. The number of nitriles is 1. The number of carboxylic acid groups (broad SMARTS) is 1. The zero-order chi connectivity index (χ0) is 8.15. The number of hydrogen-bond donors (Lipinski definition) is 2. The van der Waals surface area contributed by atoms with E-state index in [1.165, 1.54) is 6.92 Å². The zero-order valence-electron chi connectivity index (χ0n) is 5.96. The molecular formula is C6H10N2O2. The summed E-state index contributed by atoms with van der Waals surface area (Å²) in [6.45, 7) is 3.11. The Morgan fingerprint density at radius 3 is 2.50 bits per heavy atom. The van der Waals surface area contributed by atoms with Crippen molar-refractivity contribution in [3.63, 3.8) is 0 Å². The second-order valence-corrected chi connectivity index (χ2v) is 2.08. The average Bonchev–Trinajstić information content (AvgIpc) is 1.87. The summed E-state index contributed by atoms with van der Waals surface area (Å²) < 4.78 is 0. The molecule has 0 aliphatic heterocycles. The summed E-state index contributed by atoms with van der Waals surface area (Å²) in [4.78, 5) is 10.2. The van der Waals surface area contributed by atoms with Gasteiger partial charge in [-0.1, -0.05) is 0 Å². The maximum Gasteiger partial charge on any atom is 0.320 e. The highest BCUT2D eigenvalue weighted by atomic mass is 16.4. The molecule has 10 heavy (non-hydrogen) atoms. The molecule has 0 amide bonds. The fourth-order valence-electron chi connectivity index (χ4n) is 0.484. The van der Waals surface area contributed by atoms with Crippen molar-refractivity contribution >= 4 is 5.97 Å². The predicted molar refractivity (Wildman–Crippen MR) is 35.3 cm³/mol. The second-order valence-electron chi connectivity index (χ2n) is 2.08. The van der Waals surface area contributed by atoms with Crippen LogP contribution in [0.5, 0.6) is 0 Å². The first-order valence-corrected chi connectivity index (χ1v) is 2.96. The van der Waals surface area contributed by atoms with Gasteiger partial charge in [0.1, 0.15) is 6.04 Å². The summed E-state index contributed by atoms with van der Waals surface area (Å²) in [5, 5.41) is 19.2. The number of carboxylic acids is 1. The Balaban J connectivity index is 3.70. The van der Waals surface area contributed by atoms with Crippen molar-refractivity contribution in [2.45, 2.75) is 25.9 Å². The summed E-state index contributed by atoms with van der Waals surface area (Å²) in [6.07, 6.45) is 0. The molecule has 0 fully saturated rings. The van der Waals surface area contributed by atoms with Gasteiger partial charge in [-0.05, 0) is 13.8 Å². The van der Waals surface area contributed by atoms with Crippen LogP contribution in [0.2, 0.25) is 0 Å². The van der Waals surface area contributed by atoms with Gasteiger partial charge in [0, 0.05) is 0 Å². The first-order chi connectivity index (χ1) is 4.57. The molecule has 2 atom stereocenters. The fourth-order valence-corrected chi connectivity index (χ4v) is 0.484. The van der Waals surface area contributed by atoms with Crippen LogP contribution < -0.4 is 5.32 Å². The van der Waals surface area contributed by atoms with Crippen molar-refractivity contribution in [1.82, 2.24) is 5.32 Å². The van der Waals surface area contributed by atoms with E-state index in [0.717, 1.165) is 0 Å². The van der Waals surface area contributed by atoms with Crippen LogP contribution in [0, 0.1) is 11.3 Å². The minimum Gasteiger partial charge on any atom is -0.480 e. The number of nitrogens with zero attached hydrogens (tertiary/aromatic N) is 1. The van der Waals surface area contributed by atoms with Gasteiger partial charge < -0.3 is 5.11 Å². The average molecular weight is 142 g/mol. The van der Waals surface area contributed by atoms with Crippen molar-refractivity contribution < 1.29 is 9.90 Å². The van der Waals surface area contributed by atoms with Crippen molar-refractivity contribution in [2.24, 2.45) is 0 Å². The molecular weight excluding hydrogens is 132 g/mol. The first kappa shape index (κ1) is 8.92. The molecule has 0 unspecified atom stereocenters. The highest BCUT2D eigenvalue weighted by Gasteiger charge is 2.12. The summed E-state index contributed by atoms with van der Waals surface area (Å²) in [6, 6.07) is 0.807. The number of aliphatic carboxylic acids is 1. The third-order valence-corrected chi connectivity index (χ3v) is 1.06. The lowest BCUT2D eigenvalue weighted by atomic mass is 10.3. The molecule has 0 aliphatic carbocycles. The van der Waals surface area contributed by atoms with Crippen LogP contribution in [0.25, 0.3) is 0 Å². The van der Waals surface area contributed by atoms with Crippen LogP contribution in [0.1, 0.15) is 13.8 Å². The van der Waals surface area contributed by atoms with Gasteiger partial charge in [0.25, 0.3) is 0 Å². The Morgan fingerprint density at radius 2 is 2.20 bits per heavy atom. The molecule has 0 rings (SSSR count). The monoisotopic (exact) mass is 142 g/mol. The van der Waals surface area contributed by atoms with Crippen LogP contribution in [-0.2, 0) is 4.79 Å².